The van der Waals surface area contributed by atoms with Crippen LogP contribution in [0.3, 0.4) is 0 Å². The lowest BCUT2D eigenvalue weighted by molar-refractivity contribution is 0.0902. The molecule has 2 aromatic heterocycles. The number of nitrogens with one attached hydrogen (secondary N) is 1. The number of aliphatic hydroxyl groups excluding tert-OH is 1. The van der Waals surface area contributed by atoms with Crippen molar-refractivity contribution in [1.29, 1.82) is 0 Å². The quantitative estimate of drug-likeness (QED) is 0.744. The van der Waals surface area contributed by atoms with Gasteiger partial charge in [-0.15, -0.1) is 0 Å². The second-order valence-corrected chi connectivity index (χ2v) is 6.46. The van der Waals surface area contributed by atoms with E-state index in [1.54, 1.807) is 12.1 Å². The standard InChI is InChI=1S/C20H22N2O3/c1-12-6-7-17-15(9-12)11-16(14(3)22-17)20(24)21-13(2)10-18(23)19-5-4-8-25-19/h4-9,11,13,18,23H,10H2,1-3H3,(H,21,24). The van der Waals surface area contributed by atoms with Gasteiger partial charge in [0.1, 0.15) is 11.9 Å². The minimum atomic E-state index is -0.747. The van der Waals surface area contributed by atoms with E-state index in [1.807, 2.05) is 45.0 Å². The summed E-state index contributed by atoms with van der Waals surface area (Å²) in [6.45, 7) is 5.70. The Labute approximate surface area is 146 Å². The molecular weight excluding hydrogens is 316 g/mol. The van der Waals surface area contributed by atoms with Crippen LogP contribution < -0.4 is 5.32 Å². The summed E-state index contributed by atoms with van der Waals surface area (Å²) in [5.41, 5.74) is 3.24. The molecule has 2 unspecified atom stereocenters. The van der Waals surface area contributed by atoms with Gasteiger partial charge in [0.25, 0.3) is 5.91 Å². The number of furan rings is 1. The second kappa shape index (κ2) is 7.07. The number of aryl methyl sites for hydroxylation is 2. The molecule has 5 heteroatoms. The number of fused-ring (bicyclic) bond motifs is 1. The predicted molar refractivity (Wildman–Crippen MR) is 96.4 cm³/mol. The number of carbonyl (C=O) groups is 1. The molecule has 0 aliphatic carbocycles. The third-order valence-electron chi connectivity index (χ3n) is 4.23. The summed E-state index contributed by atoms with van der Waals surface area (Å²) in [6, 6.07) is 11.1. The van der Waals surface area contributed by atoms with Crippen LogP contribution in [0.4, 0.5) is 0 Å². The summed E-state index contributed by atoms with van der Waals surface area (Å²) < 4.78 is 5.19. The van der Waals surface area contributed by atoms with Gasteiger partial charge in [-0.1, -0.05) is 11.6 Å². The lowest BCUT2D eigenvalue weighted by Gasteiger charge is -2.17. The molecule has 0 saturated carbocycles. The number of pyridine rings is 1. The maximum atomic E-state index is 12.6. The number of aromatic nitrogens is 1. The van der Waals surface area contributed by atoms with Gasteiger partial charge in [0.05, 0.1) is 23.0 Å². The largest absolute Gasteiger partial charge is 0.467 e. The number of amides is 1. The molecule has 0 radical (unpaired) electrons. The van der Waals surface area contributed by atoms with Crippen molar-refractivity contribution in [3.8, 4) is 0 Å². The van der Waals surface area contributed by atoms with Crippen LogP contribution in [0.2, 0.25) is 0 Å². The van der Waals surface area contributed by atoms with Gasteiger partial charge < -0.3 is 14.8 Å². The van der Waals surface area contributed by atoms with Crippen molar-refractivity contribution >= 4 is 16.8 Å². The molecule has 0 fully saturated rings. The normalized spacial score (nSPS) is 13.6. The summed E-state index contributed by atoms with van der Waals surface area (Å²) >= 11 is 0. The summed E-state index contributed by atoms with van der Waals surface area (Å²) in [5, 5.41) is 14.0. The Hall–Kier alpha value is -2.66. The zero-order valence-electron chi connectivity index (χ0n) is 14.6. The van der Waals surface area contributed by atoms with Crippen molar-refractivity contribution in [1.82, 2.24) is 10.3 Å². The van der Waals surface area contributed by atoms with E-state index in [1.165, 1.54) is 6.26 Å². The van der Waals surface area contributed by atoms with Crippen molar-refractivity contribution < 1.29 is 14.3 Å². The molecule has 5 nitrogen and oxygen atoms in total. The van der Waals surface area contributed by atoms with Gasteiger partial charge in [0.2, 0.25) is 0 Å². The Morgan fingerprint density at radius 1 is 1.28 bits per heavy atom. The summed E-state index contributed by atoms with van der Waals surface area (Å²) in [6.07, 6.45) is 1.15. The van der Waals surface area contributed by atoms with Crippen molar-refractivity contribution in [2.45, 2.75) is 39.3 Å². The highest BCUT2D eigenvalue weighted by atomic mass is 16.4. The molecule has 1 amide bonds. The molecule has 130 valence electrons. The Morgan fingerprint density at radius 3 is 2.80 bits per heavy atom. The highest BCUT2D eigenvalue weighted by molar-refractivity contribution is 5.98. The molecule has 3 rings (SSSR count). The SMILES string of the molecule is Cc1ccc2nc(C)c(C(=O)NC(C)CC(O)c3ccco3)cc2c1. The van der Waals surface area contributed by atoms with Crippen LogP contribution in [0.15, 0.2) is 47.1 Å². The molecule has 0 aliphatic rings. The average molecular weight is 338 g/mol. The first-order valence-corrected chi connectivity index (χ1v) is 8.34. The molecule has 0 spiro atoms. The number of hydrogen-bond acceptors (Lipinski definition) is 4. The molecular formula is C20H22N2O3. The number of rotatable bonds is 5. The molecule has 2 atom stereocenters. The van der Waals surface area contributed by atoms with Gasteiger partial charge in [0, 0.05) is 17.8 Å². The van der Waals surface area contributed by atoms with E-state index in [2.05, 4.69) is 10.3 Å². The Bertz CT molecular complexity index is 887. The lowest BCUT2D eigenvalue weighted by Crippen LogP contribution is -2.34. The first kappa shape index (κ1) is 17.2. The first-order valence-electron chi connectivity index (χ1n) is 8.34. The van der Waals surface area contributed by atoms with E-state index in [0.717, 1.165) is 16.5 Å². The van der Waals surface area contributed by atoms with E-state index in [0.29, 0.717) is 23.4 Å². The summed E-state index contributed by atoms with van der Waals surface area (Å²) in [7, 11) is 0. The number of benzene rings is 1. The van der Waals surface area contributed by atoms with Gasteiger partial charge in [-0.05, 0) is 51.1 Å². The maximum absolute atomic E-state index is 12.6. The third kappa shape index (κ3) is 3.88. The zero-order valence-corrected chi connectivity index (χ0v) is 14.6. The van der Waals surface area contributed by atoms with Gasteiger partial charge in [-0.25, -0.2) is 0 Å². The lowest BCUT2D eigenvalue weighted by atomic mass is 10.1. The second-order valence-electron chi connectivity index (χ2n) is 6.46. The monoisotopic (exact) mass is 338 g/mol. The highest BCUT2D eigenvalue weighted by Crippen LogP contribution is 2.20. The van der Waals surface area contributed by atoms with Crippen LogP contribution in [-0.4, -0.2) is 22.0 Å². The van der Waals surface area contributed by atoms with E-state index < -0.39 is 6.10 Å². The minimum absolute atomic E-state index is 0.187. The van der Waals surface area contributed by atoms with Gasteiger partial charge in [0.15, 0.2) is 0 Å². The van der Waals surface area contributed by atoms with Crippen LogP contribution >= 0.6 is 0 Å². The fourth-order valence-corrected chi connectivity index (χ4v) is 2.91. The molecule has 0 aliphatic heterocycles. The van der Waals surface area contributed by atoms with Gasteiger partial charge in [-0.2, -0.15) is 0 Å². The molecule has 25 heavy (non-hydrogen) atoms. The van der Waals surface area contributed by atoms with Crippen LogP contribution in [0.25, 0.3) is 10.9 Å². The Balaban J connectivity index is 1.74. The molecule has 0 bridgehead atoms. The van der Waals surface area contributed by atoms with E-state index in [4.69, 9.17) is 4.42 Å². The van der Waals surface area contributed by atoms with Crippen LogP contribution in [0.5, 0.6) is 0 Å². The smallest absolute Gasteiger partial charge is 0.253 e. The molecule has 1 aromatic carbocycles. The highest BCUT2D eigenvalue weighted by Gasteiger charge is 2.18. The van der Waals surface area contributed by atoms with Crippen LogP contribution in [0, 0.1) is 13.8 Å². The van der Waals surface area contributed by atoms with Gasteiger partial charge in [-0.3, -0.25) is 9.78 Å². The van der Waals surface area contributed by atoms with Crippen LogP contribution in [-0.2, 0) is 0 Å². The molecule has 2 heterocycles. The van der Waals surface area contributed by atoms with Crippen molar-refractivity contribution in [3.63, 3.8) is 0 Å². The topological polar surface area (TPSA) is 75.4 Å². The molecule has 3 aromatic rings. The fourth-order valence-electron chi connectivity index (χ4n) is 2.91. The third-order valence-corrected chi connectivity index (χ3v) is 4.23. The van der Waals surface area contributed by atoms with E-state index in [9.17, 15) is 9.90 Å². The van der Waals surface area contributed by atoms with Gasteiger partial charge >= 0.3 is 0 Å². The Morgan fingerprint density at radius 2 is 2.08 bits per heavy atom. The van der Waals surface area contributed by atoms with Crippen molar-refractivity contribution in [2.24, 2.45) is 0 Å². The Kier molecular flexibility index (Phi) is 4.86. The van der Waals surface area contributed by atoms with Crippen molar-refractivity contribution in [2.75, 3.05) is 0 Å². The first-order chi connectivity index (χ1) is 11.9. The number of aliphatic hydroxyl groups is 1. The summed E-state index contributed by atoms with van der Waals surface area (Å²) in [5.74, 6) is 0.313. The maximum Gasteiger partial charge on any atom is 0.253 e. The summed E-state index contributed by atoms with van der Waals surface area (Å²) in [4.78, 5) is 17.1. The van der Waals surface area contributed by atoms with Crippen LogP contribution in [0.1, 0.15) is 46.8 Å². The van der Waals surface area contributed by atoms with E-state index >= 15 is 0 Å². The number of carbonyl (C=O) groups excluding carboxylic acids is 1. The number of hydrogen-bond donors (Lipinski definition) is 2. The molecule has 0 saturated heterocycles. The predicted octanol–water partition coefficient (Wildman–Crippen LogP) is 3.69. The minimum Gasteiger partial charge on any atom is -0.467 e. The average Bonchev–Trinajstić information content (AvgIpc) is 3.09. The van der Waals surface area contributed by atoms with E-state index in [-0.39, 0.29) is 11.9 Å². The number of nitrogens with zero attached hydrogens (tertiary/aromatic N) is 1. The zero-order chi connectivity index (χ0) is 18.0. The fraction of sp³-hybridized carbons (Fsp3) is 0.300. The van der Waals surface area contributed by atoms with Crippen molar-refractivity contribution in [3.05, 3.63) is 65.2 Å². The molecule has 2 N–H and O–H groups in total.